The standard InChI is InChI=1S/C19H22ClNO2/c1-13(2)10-11-23-16-7-4-6-15(12-16)19(22)21-18-9-5-8-17(20)14(18)3/h4-9,12-13H,10-11H2,1-3H3,(H,21,22). The fourth-order valence-electron chi connectivity index (χ4n) is 2.08. The molecule has 23 heavy (non-hydrogen) atoms. The van der Waals surface area contributed by atoms with Crippen molar-refractivity contribution in [2.45, 2.75) is 27.2 Å². The Morgan fingerprint density at radius 3 is 2.70 bits per heavy atom. The van der Waals surface area contributed by atoms with Crippen LogP contribution in [0.15, 0.2) is 42.5 Å². The molecule has 0 aliphatic heterocycles. The van der Waals surface area contributed by atoms with Gasteiger partial charge in [0.25, 0.3) is 5.91 Å². The van der Waals surface area contributed by atoms with Crippen molar-refractivity contribution in [3.63, 3.8) is 0 Å². The van der Waals surface area contributed by atoms with E-state index in [9.17, 15) is 4.79 Å². The van der Waals surface area contributed by atoms with E-state index in [1.807, 2.05) is 31.2 Å². The van der Waals surface area contributed by atoms with E-state index in [-0.39, 0.29) is 5.91 Å². The first-order valence-corrected chi connectivity index (χ1v) is 8.14. The highest BCUT2D eigenvalue weighted by Crippen LogP contribution is 2.24. The molecule has 2 aromatic carbocycles. The van der Waals surface area contributed by atoms with Gasteiger partial charge in [0.15, 0.2) is 0 Å². The maximum atomic E-state index is 12.4. The van der Waals surface area contributed by atoms with Crippen LogP contribution in [0, 0.1) is 12.8 Å². The molecular weight excluding hydrogens is 310 g/mol. The van der Waals surface area contributed by atoms with E-state index in [2.05, 4.69) is 19.2 Å². The van der Waals surface area contributed by atoms with Crippen LogP contribution in [-0.4, -0.2) is 12.5 Å². The minimum absolute atomic E-state index is 0.176. The van der Waals surface area contributed by atoms with Crippen LogP contribution in [0.4, 0.5) is 5.69 Å². The lowest BCUT2D eigenvalue weighted by Crippen LogP contribution is -2.13. The highest BCUT2D eigenvalue weighted by molar-refractivity contribution is 6.31. The number of hydrogen-bond acceptors (Lipinski definition) is 2. The molecule has 0 radical (unpaired) electrons. The average Bonchev–Trinajstić information content (AvgIpc) is 2.52. The van der Waals surface area contributed by atoms with Crippen molar-refractivity contribution in [1.82, 2.24) is 0 Å². The molecule has 0 saturated carbocycles. The Labute approximate surface area is 142 Å². The van der Waals surface area contributed by atoms with E-state index in [0.717, 1.165) is 12.0 Å². The predicted octanol–water partition coefficient (Wildman–Crippen LogP) is 5.33. The summed E-state index contributed by atoms with van der Waals surface area (Å²) in [4.78, 5) is 12.4. The maximum absolute atomic E-state index is 12.4. The zero-order valence-electron chi connectivity index (χ0n) is 13.7. The van der Waals surface area contributed by atoms with Crippen LogP contribution in [0.1, 0.15) is 36.2 Å². The van der Waals surface area contributed by atoms with Gasteiger partial charge in [-0.2, -0.15) is 0 Å². The SMILES string of the molecule is Cc1c(Cl)cccc1NC(=O)c1cccc(OCCC(C)C)c1. The Bertz CT molecular complexity index is 683. The van der Waals surface area contributed by atoms with Crippen molar-refractivity contribution in [1.29, 1.82) is 0 Å². The van der Waals surface area contributed by atoms with Crippen LogP contribution in [-0.2, 0) is 0 Å². The van der Waals surface area contributed by atoms with E-state index in [0.29, 0.717) is 34.5 Å². The maximum Gasteiger partial charge on any atom is 0.255 e. The number of amides is 1. The molecule has 0 heterocycles. The van der Waals surface area contributed by atoms with Crippen molar-refractivity contribution in [3.8, 4) is 5.75 Å². The lowest BCUT2D eigenvalue weighted by Gasteiger charge is -2.11. The summed E-state index contributed by atoms with van der Waals surface area (Å²) >= 11 is 6.08. The second-order valence-corrected chi connectivity index (χ2v) is 6.33. The second kappa shape index (κ2) is 8.02. The summed E-state index contributed by atoms with van der Waals surface area (Å²) < 4.78 is 5.70. The first-order valence-electron chi connectivity index (χ1n) is 7.76. The molecule has 0 atom stereocenters. The zero-order valence-corrected chi connectivity index (χ0v) is 14.5. The van der Waals surface area contributed by atoms with Crippen LogP contribution in [0.25, 0.3) is 0 Å². The highest BCUT2D eigenvalue weighted by atomic mass is 35.5. The molecule has 0 bridgehead atoms. The lowest BCUT2D eigenvalue weighted by molar-refractivity contribution is 0.102. The van der Waals surface area contributed by atoms with Crippen LogP contribution < -0.4 is 10.1 Å². The molecule has 0 aliphatic carbocycles. The van der Waals surface area contributed by atoms with Gasteiger partial charge >= 0.3 is 0 Å². The van der Waals surface area contributed by atoms with Crippen molar-refractivity contribution in [2.75, 3.05) is 11.9 Å². The number of benzene rings is 2. The molecule has 1 N–H and O–H groups in total. The van der Waals surface area contributed by atoms with Crippen molar-refractivity contribution in [2.24, 2.45) is 5.92 Å². The van der Waals surface area contributed by atoms with Gasteiger partial charge in [0.2, 0.25) is 0 Å². The first-order chi connectivity index (χ1) is 11.0. The molecule has 0 saturated heterocycles. The molecule has 0 unspecified atom stereocenters. The number of halogens is 1. The zero-order chi connectivity index (χ0) is 16.8. The summed E-state index contributed by atoms with van der Waals surface area (Å²) in [5.41, 5.74) is 2.13. The Morgan fingerprint density at radius 2 is 1.96 bits per heavy atom. The minimum Gasteiger partial charge on any atom is -0.494 e. The van der Waals surface area contributed by atoms with Crippen molar-refractivity contribution in [3.05, 3.63) is 58.6 Å². The topological polar surface area (TPSA) is 38.3 Å². The van der Waals surface area contributed by atoms with Crippen LogP contribution >= 0.6 is 11.6 Å². The van der Waals surface area contributed by atoms with Crippen LogP contribution in [0.2, 0.25) is 5.02 Å². The molecule has 2 rings (SSSR count). The summed E-state index contributed by atoms with van der Waals surface area (Å²) in [6.45, 7) is 6.83. The van der Waals surface area contributed by atoms with Gasteiger partial charge in [-0.05, 0) is 55.2 Å². The van der Waals surface area contributed by atoms with Crippen LogP contribution in [0.3, 0.4) is 0 Å². The fourth-order valence-corrected chi connectivity index (χ4v) is 2.25. The third-order valence-electron chi connectivity index (χ3n) is 3.58. The number of nitrogens with one attached hydrogen (secondary N) is 1. The van der Waals surface area contributed by atoms with Gasteiger partial charge in [0, 0.05) is 16.3 Å². The summed E-state index contributed by atoms with van der Waals surface area (Å²) in [6.07, 6.45) is 0.984. The predicted molar refractivity (Wildman–Crippen MR) is 95.5 cm³/mol. The van der Waals surface area contributed by atoms with E-state index >= 15 is 0 Å². The number of carbonyl (C=O) groups is 1. The van der Waals surface area contributed by atoms with E-state index in [1.54, 1.807) is 18.2 Å². The number of anilines is 1. The van der Waals surface area contributed by atoms with Gasteiger partial charge in [-0.3, -0.25) is 4.79 Å². The van der Waals surface area contributed by atoms with Gasteiger partial charge in [0.1, 0.15) is 5.75 Å². The summed E-state index contributed by atoms with van der Waals surface area (Å²) in [5, 5.41) is 3.52. The van der Waals surface area contributed by atoms with Crippen molar-refractivity contribution >= 4 is 23.2 Å². The molecule has 3 nitrogen and oxygen atoms in total. The van der Waals surface area contributed by atoms with Gasteiger partial charge in [-0.25, -0.2) is 0 Å². The fraction of sp³-hybridized carbons (Fsp3) is 0.316. The van der Waals surface area contributed by atoms with Gasteiger partial charge in [-0.15, -0.1) is 0 Å². The Balaban J connectivity index is 2.06. The average molecular weight is 332 g/mol. The third kappa shape index (κ3) is 5.00. The Kier molecular flexibility index (Phi) is 6.05. The van der Waals surface area contributed by atoms with Gasteiger partial charge < -0.3 is 10.1 Å². The smallest absolute Gasteiger partial charge is 0.255 e. The van der Waals surface area contributed by atoms with Crippen LogP contribution in [0.5, 0.6) is 5.75 Å². The molecule has 4 heteroatoms. The third-order valence-corrected chi connectivity index (χ3v) is 3.99. The normalized spacial score (nSPS) is 10.7. The molecule has 0 fully saturated rings. The first kappa shape index (κ1) is 17.4. The largest absolute Gasteiger partial charge is 0.494 e. The number of rotatable bonds is 6. The second-order valence-electron chi connectivity index (χ2n) is 5.93. The minimum atomic E-state index is -0.176. The molecular formula is C19H22ClNO2. The summed E-state index contributed by atoms with van der Waals surface area (Å²) in [5.74, 6) is 1.12. The molecule has 0 aromatic heterocycles. The van der Waals surface area contributed by atoms with Crippen molar-refractivity contribution < 1.29 is 9.53 Å². The monoisotopic (exact) mass is 331 g/mol. The van der Waals surface area contributed by atoms with E-state index in [4.69, 9.17) is 16.3 Å². The molecule has 0 spiro atoms. The molecule has 1 amide bonds. The quantitative estimate of drug-likeness (QED) is 0.777. The van der Waals surface area contributed by atoms with Gasteiger partial charge in [0.05, 0.1) is 6.61 Å². The Morgan fingerprint density at radius 1 is 1.22 bits per heavy atom. The number of carbonyl (C=O) groups excluding carboxylic acids is 1. The molecule has 2 aromatic rings. The Hall–Kier alpha value is -2.00. The lowest BCUT2D eigenvalue weighted by atomic mass is 10.1. The van der Waals surface area contributed by atoms with E-state index < -0.39 is 0 Å². The van der Waals surface area contributed by atoms with E-state index in [1.165, 1.54) is 0 Å². The molecule has 0 aliphatic rings. The summed E-state index contributed by atoms with van der Waals surface area (Å²) in [7, 11) is 0. The number of hydrogen-bond donors (Lipinski definition) is 1. The van der Waals surface area contributed by atoms with Gasteiger partial charge in [-0.1, -0.05) is 37.6 Å². The highest BCUT2D eigenvalue weighted by Gasteiger charge is 2.10. The molecule has 122 valence electrons. The summed E-state index contributed by atoms with van der Waals surface area (Å²) in [6, 6.07) is 12.7. The number of ether oxygens (including phenoxy) is 1.